The minimum Gasteiger partial charge on any atom is -0.456 e. The molecule has 1 aromatic heterocycles. The average Bonchev–Trinajstić information content (AvgIpc) is 3.26. The van der Waals surface area contributed by atoms with Crippen LogP contribution in [-0.2, 0) is 4.79 Å². The number of hydrogen-bond donors (Lipinski definition) is 0. The molecular formula is C22H16N2O4S2. The zero-order chi connectivity index (χ0) is 21.4. The molecule has 0 atom stereocenters. The molecule has 0 bridgehead atoms. The number of benzene rings is 2. The molecule has 0 unspecified atom stereocenters. The van der Waals surface area contributed by atoms with Gasteiger partial charge < -0.3 is 4.42 Å². The molecule has 0 saturated carbocycles. The first-order valence-electron chi connectivity index (χ1n) is 9.03. The van der Waals surface area contributed by atoms with E-state index in [1.165, 1.54) is 22.7 Å². The number of furan rings is 1. The summed E-state index contributed by atoms with van der Waals surface area (Å²) in [6.45, 7) is 3.74. The number of anilines is 1. The zero-order valence-electron chi connectivity index (χ0n) is 16.1. The van der Waals surface area contributed by atoms with E-state index in [-0.39, 0.29) is 11.6 Å². The van der Waals surface area contributed by atoms with Gasteiger partial charge in [-0.2, -0.15) is 0 Å². The van der Waals surface area contributed by atoms with Gasteiger partial charge in [-0.05, 0) is 55.3 Å². The quantitative estimate of drug-likeness (QED) is 0.220. The first-order chi connectivity index (χ1) is 14.3. The molecule has 2 heterocycles. The van der Waals surface area contributed by atoms with Gasteiger partial charge in [0, 0.05) is 12.1 Å². The molecule has 1 aliphatic heterocycles. The Kier molecular flexibility index (Phi) is 5.27. The normalized spacial score (nSPS) is 15.3. The highest BCUT2D eigenvalue weighted by molar-refractivity contribution is 8.27. The van der Waals surface area contributed by atoms with Gasteiger partial charge in [-0.15, -0.1) is 0 Å². The number of nitrogens with zero attached hydrogens (tertiary/aromatic N) is 2. The predicted molar refractivity (Wildman–Crippen MR) is 122 cm³/mol. The molecule has 30 heavy (non-hydrogen) atoms. The second kappa shape index (κ2) is 7.89. The van der Waals surface area contributed by atoms with E-state index in [2.05, 4.69) is 0 Å². The van der Waals surface area contributed by atoms with Crippen LogP contribution in [0, 0.1) is 24.0 Å². The number of hydrogen-bond acceptors (Lipinski definition) is 6. The maximum Gasteiger partial charge on any atom is 0.280 e. The second-order valence-electron chi connectivity index (χ2n) is 6.84. The summed E-state index contributed by atoms with van der Waals surface area (Å²) in [5, 5.41) is 11.4. The van der Waals surface area contributed by atoms with E-state index < -0.39 is 4.92 Å². The lowest BCUT2D eigenvalue weighted by Gasteiger charge is -2.14. The highest BCUT2D eigenvalue weighted by atomic mass is 32.2. The third-order valence-electron chi connectivity index (χ3n) is 4.57. The molecule has 0 N–H and O–H groups in total. The van der Waals surface area contributed by atoms with Crippen molar-refractivity contribution in [2.45, 2.75) is 13.8 Å². The van der Waals surface area contributed by atoms with Gasteiger partial charge in [-0.1, -0.05) is 42.2 Å². The molecule has 1 amide bonds. The molecule has 1 saturated heterocycles. The molecular weight excluding hydrogens is 420 g/mol. The van der Waals surface area contributed by atoms with E-state index in [4.69, 9.17) is 16.6 Å². The summed E-state index contributed by atoms with van der Waals surface area (Å²) in [6.07, 6.45) is 1.61. The molecule has 0 spiro atoms. The number of nitro groups is 1. The number of aryl methyl sites for hydroxylation is 2. The predicted octanol–water partition coefficient (Wildman–Crippen LogP) is 5.88. The molecule has 2 aromatic carbocycles. The van der Waals surface area contributed by atoms with Crippen LogP contribution in [0.3, 0.4) is 0 Å². The lowest BCUT2D eigenvalue weighted by Crippen LogP contribution is -2.27. The molecule has 1 fully saturated rings. The van der Waals surface area contributed by atoms with Gasteiger partial charge >= 0.3 is 0 Å². The number of carbonyl (C=O) groups excluding carboxylic acids is 1. The largest absolute Gasteiger partial charge is 0.456 e. The second-order valence-corrected chi connectivity index (χ2v) is 8.51. The Morgan fingerprint density at radius 1 is 1.10 bits per heavy atom. The Bertz CT molecular complexity index is 1230. The molecule has 8 heteroatoms. The van der Waals surface area contributed by atoms with Crippen LogP contribution >= 0.6 is 24.0 Å². The third-order valence-corrected chi connectivity index (χ3v) is 5.87. The van der Waals surface area contributed by atoms with Crippen LogP contribution in [0.2, 0.25) is 0 Å². The fourth-order valence-corrected chi connectivity index (χ4v) is 4.44. The summed E-state index contributed by atoms with van der Waals surface area (Å²) >= 11 is 6.59. The number of rotatable bonds is 4. The summed E-state index contributed by atoms with van der Waals surface area (Å²) in [5.74, 6) is 0.557. The average molecular weight is 437 g/mol. The van der Waals surface area contributed by atoms with Gasteiger partial charge in [0.2, 0.25) is 0 Å². The summed E-state index contributed by atoms with van der Waals surface area (Å²) in [4.78, 5) is 25.8. The van der Waals surface area contributed by atoms with Crippen molar-refractivity contribution in [3.05, 3.63) is 86.5 Å². The first kappa shape index (κ1) is 20.1. The summed E-state index contributed by atoms with van der Waals surface area (Å²) in [7, 11) is 0. The molecule has 150 valence electrons. The summed E-state index contributed by atoms with van der Waals surface area (Å²) < 4.78 is 6.24. The van der Waals surface area contributed by atoms with Gasteiger partial charge in [0.05, 0.1) is 21.1 Å². The Morgan fingerprint density at radius 2 is 1.87 bits per heavy atom. The highest BCUT2D eigenvalue weighted by Gasteiger charge is 2.33. The number of thioether (sulfide) groups is 1. The molecule has 3 aromatic rings. The van der Waals surface area contributed by atoms with Crippen LogP contribution in [0.15, 0.2) is 63.9 Å². The monoisotopic (exact) mass is 436 g/mol. The number of nitro benzene ring substituents is 1. The van der Waals surface area contributed by atoms with Crippen molar-refractivity contribution in [3.63, 3.8) is 0 Å². The number of thiocarbonyl (C=S) groups is 1. The van der Waals surface area contributed by atoms with Crippen molar-refractivity contribution in [2.24, 2.45) is 0 Å². The van der Waals surface area contributed by atoms with Gasteiger partial charge in [0.25, 0.3) is 11.6 Å². The molecule has 0 aliphatic carbocycles. The van der Waals surface area contributed by atoms with E-state index in [0.29, 0.717) is 26.3 Å². The van der Waals surface area contributed by atoms with Crippen LogP contribution in [0.4, 0.5) is 11.4 Å². The number of amides is 1. The SMILES string of the molecule is Cc1cccc(N2C(=O)/C(=C/c3ccc(-c4ccc(C)cc4[N+](=O)[O-])o3)SC2=S)c1. The smallest absolute Gasteiger partial charge is 0.280 e. The minimum absolute atomic E-state index is 0.0262. The standard InChI is InChI=1S/C22H16N2O4S2/c1-13-4-3-5-15(10-13)23-21(25)20(30-22(23)29)12-16-7-9-19(28-16)17-8-6-14(2)11-18(17)24(26)27/h3-12H,1-2H3/b20-12-. The van der Waals surface area contributed by atoms with Crippen molar-refractivity contribution >= 4 is 51.7 Å². The fourth-order valence-electron chi connectivity index (χ4n) is 3.16. The molecule has 1 aliphatic rings. The lowest BCUT2D eigenvalue weighted by atomic mass is 10.1. The van der Waals surface area contributed by atoms with Crippen molar-refractivity contribution in [1.29, 1.82) is 0 Å². The van der Waals surface area contributed by atoms with Crippen LogP contribution < -0.4 is 4.90 Å². The topological polar surface area (TPSA) is 76.6 Å². The van der Waals surface area contributed by atoms with Crippen molar-refractivity contribution < 1.29 is 14.1 Å². The van der Waals surface area contributed by atoms with Gasteiger partial charge in [-0.3, -0.25) is 19.8 Å². The third kappa shape index (κ3) is 3.79. The Morgan fingerprint density at radius 3 is 2.60 bits per heavy atom. The van der Waals surface area contributed by atoms with Crippen molar-refractivity contribution in [1.82, 2.24) is 0 Å². The van der Waals surface area contributed by atoms with Crippen LogP contribution in [0.5, 0.6) is 0 Å². The van der Waals surface area contributed by atoms with Gasteiger partial charge in [-0.25, -0.2) is 0 Å². The fraction of sp³-hybridized carbons (Fsp3) is 0.0909. The number of carbonyl (C=O) groups is 1. The van der Waals surface area contributed by atoms with Crippen LogP contribution in [0.25, 0.3) is 17.4 Å². The molecule has 4 rings (SSSR count). The minimum atomic E-state index is -0.433. The first-order valence-corrected chi connectivity index (χ1v) is 10.3. The van der Waals surface area contributed by atoms with E-state index in [0.717, 1.165) is 16.8 Å². The summed E-state index contributed by atoms with van der Waals surface area (Å²) in [6, 6.07) is 15.8. The highest BCUT2D eigenvalue weighted by Crippen LogP contribution is 2.37. The Labute approximate surface area is 182 Å². The maximum absolute atomic E-state index is 12.9. The van der Waals surface area contributed by atoms with Crippen LogP contribution in [-0.4, -0.2) is 15.2 Å². The van der Waals surface area contributed by atoms with E-state index in [1.54, 1.807) is 37.3 Å². The van der Waals surface area contributed by atoms with Gasteiger partial charge in [0.15, 0.2) is 4.32 Å². The lowest BCUT2D eigenvalue weighted by molar-refractivity contribution is -0.384. The maximum atomic E-state index is 12.9. The zero-order valence-corrected chi connectivity index (χ0v) is 17.8. The van der Waals surface area contributed by atoms with Crippen molar-refractivity contribution in [3.8, 4) is 11.3 Å². The van der Waals surface area contributed by atoms with E-state index >= 15 is 0 Å². The Balaban J connectivity index is 1.65. The molecule has 6 nitrogen and oxygen atoms in total. The van der Waals surface area contributed by atoms with Crippen molar-refractivity contribution in [2.75, 3.05) is 4.90 Å². The van der Waals surface area contributed by atoms with Gasteiger partial charge in [0.1, 0.15) is 11.5 Å². The molecule has 0 radical (unpaired) electrons. The van der Waals surface area contributed by atoms with E-state index in [9.17, 15) is 14.9 Å². The van der Waals surface area contributed by atoms with E-state index in [1.807, 2.05) is 31.2 Å². The Hall–Kier alpha value is -3.23. The summed E-state index contributed by atoms with van der Waals surface area (Å²) in [5.41, 5.74) is 2.90. The van der Waals surface area contributed by atoms with Crippen LogP contribution in [0.1, 0.15) is 16.9 Å².